The summed E-state index contributed by atoms with van der Waals surface area (Å²) < 4.78 is 41.0. The van der Waals surface area contributed by atoms with Gasteiger partial charge in [0.15, 0.2) is 0 Å². The molecule has 82 valence electrons. The average Bonchev–Trinajstić information content (AvgIpc) is 2.15. The summed E-state index contributed by atoms with van der Waals surface area (Å²) in [6, 6.07) is 2.45. The van der Waals surface area contributed by atoms with Crippen LogP contribution in [0.5, 0.6) is 0 Å². The number of carbonyl (C=O) groups is 1. The van der Waals surface area contributed by atoms with Gasteiger partial charge in [-0.3, -0.25) is 0 Å². The van der Waals surface area contributed by atoms with Crippen molar-refractivity contribution in [3.8, 4) is 0 Å². The number of hydrogen-bond donors (Lipinski definition) is 0. The maximum Gasteiger partial charge on any atom is 0.416 e. The minimum Gasteiger partial charge on any atom is -0.465 e. The summed E-state index contributed by atoms with van der Waals surface area (Å²) >= 11 is 5.51. The van der Waals surface area contributed by atoms with Gasteiger partial charge in [0.25, 0.3) is 0 Å². The van der Waals surface area contributed by atoms with Crippen LogP contribution in [-0.4, -0.2) is 13.1 Å². The van der Waals surface area contributed by atoms with Gasteiger partial charge in [-0.2, -0.15) is 13.2 Å². The molecule has 2 nitrogen and oxygen atoms in total. The Hall–Kier alpha value is -1.23. The number of alkyl halides is 3. The maximum atomic E-state index is 12.2. The van der Waals surface area contributed by atoms with E-state index in [9.17, 15) is 18.0 Å². The van der Waals surface area contributed by atoms with Crippen molar-refractivity contribution < 1.29 is 22.7 Å². The van der Waals surface area contributed by atoms with Crippen molar-refractivity contribution in [1.29, 1.82) is 0 Å². The summed E-state index contributed by atoms with van der Waals surface area (Å²) in [4.78, 5) is 11.0. The van der Waals surface area contributed by atoms with Gasteiger partial charge in [0.05, 0.1) is 23.3 Å². The molecular weight excluding hydrogens is 233 g/mol. The number of carbonyl (C=O) groups excluding carboxylic acids is 1. The van der Waals surface area contributed by atoms with Crippen molar-refractivity contribution in [2.45, 2.75) is 6.18 Å². The number of ether oxygens (including phenoxy) is 1. The predicted molar refractivity (Wildman–Crippen MR) is 47.8 cm³/mol. The Morgan fingerprint density at radius 3 is 2.40 bits per heavy atom. The second-order valence-corrected chi connectivity index (χ2v) is 3.09. The SMILES string of the molecule is COC(=O)c1ccc(C(F)(F)F)cc1Cl. The molecule has 0 atom stereocenters. The summed E-state index contributed by atoms with van der Waals surface area (Å²) in [5.41, 5.74) is -0.993. The van der Waals surface area contributed by atoms with Gasteiger partial charge in [-0.1, -0.05) is 11.6 Å². The van der Waals surface area contributed by atoms with E-state index in [1.54, 1.807) is 0 Å². The Morgan fingerprint density at radius 2 is 2.00 bits per heavy atom. The third-order valence-electron chi connectivity index (χ3n) is 1.70. The maximum absolute atomic E-state index is 12.2. The van der Waals surface area contributed by atoms with Crippen LogP contribution in [0.15, 0.2) is 18.2 Å². The van der Waals surface area contributed by atoms with Crippen molar-refractivity contribution in [2.24, 2.45) is 0 Å². The zero-order valence-corrected chi connectivity index (χ0v) is 8.32. The van der Waals surface area contributed by atoms with E-state index in [0.29, 0.717) is 6.07 Å². The third-order valence-corrected chi connectivity index (χ3v) is 2.01. The molecule has 1 rings (SSSR count). The van der Waals surface area contributed by atoms with E-state index in [2.05, 4.69) is 4.74 Å². The van der Waals surface area contributed by atoms with Crippen LogP contribution in [0.1, 0.15) is 15.9 Å². The zero-order valence-electron chi connectivity index (χ0n) is 7.56. The van der Waals surface area contributed by atoms with Gasteiger partial charge in [-0.15, -0.1) is 0 Å². The van der Waals surface area contributed by atoms with Gasteiger partial charge >= 0.3 is 12.1 Å². The highest BCUT2D eigenvalue weighted by molar-refractivity contribution is 6.33. The number of hydrogen-bond acceptors (Lipinski definition) is 2. The number of esters is 1. The Kier molecular flexibility index (Phi) is 3.24. The van der Waals surface area contributed by atoms with Gasteiger partial charge < -0.3 is 4.74 Å². The third kappa shape index (κ3) is 2.62. The van der Waals surface area contributed by atoms with E-state index in [-0.39, 0.29) is 10.6 Å². The number of rotatable bonds is 1. The molecule has 0 spiro atoms. The molecule has 0 aromatic heterocycles. The average molecular weight is 239 g/mol. The highest BCUT2D eigenvalue weighted by atomic mass is 35.5. The first-order valence-corrected chi connectivity index (χ1v) is 4.19. The molecule has 0 saturated carbocycles. The molecule has 0 radical (unpaired) electrons. The molecule has 0 N–H and O–H groups in total. The lowest BCUT2D eigenvalue weighted by Gasteiger charge is -2.08. The van der Waals surface area contributed by atoms with E-state index < -0.39 is 17.7 Å². The van der Waals surface area contributed by atoms with E-state index in [0.717, 1.165) is 19.2 Å². The first kappa shape index (κ1) is 11.8. The number of benzene rings is 1. The fraction of sp³-hybridized carbons (Fsp3) is 0.222. The molecule has 1 aromatic carbocycles. The van der Waals surface area contributed by atoms with Crippen molar-refractivity contribution in [2.75, 3.05) is 7.11 Å². The largest absolute Gasteiger partial charge is 0.465 e. The predicted octanol–water partition coefficient (Wildman–Crippen LogP) is 3.15. The Labute approximate surface area is 88.6 Å². The molecule has 0 heterocycles. The van der Waals surface area contributed by atoms with Crippen molar-refractivity contribution in [3.63, 3.8) is 0 Å². The van der Waals surface area contributed by atoms with Gasteiger partial charge in [0.2, 0.25) is 0 Å². The van der Waals surface area contributed by atoms with Gasteiger partial charge in [-0.25, -0.2) is 4.79 Å². The first-order chi connectivity index (χ1) is 6.86. The monoisotopic (exact) mass is 238 g/mol. The van der Waals surface area contributed by atoms with E-state index in [1.165, 1.54) is 0 Å². The van der Waals surface area contributed by atoms with Crippen molar-refractivity contribution in [3.05, 3.63) is 34.3 Å². The molecule has 0 amide bonds. The first-order valence-electron chi connectivity index (χ1n) is 3.81. The van der Waals surface area contributed by atoms with Crippen LogP contribution in [0.25, 0.3) is 0 Å². The topological polar surface area (TPSA) is 26.3 Å². The van der Waals surface area contributed by atoms with Crippen LogP contribution < -0.4 is 0 Å². The van der Waals surface area contributed by atoms with Gasteiger partial charge in [0.1, 0.15) is 0 Å². The van der Waals surface area contributed by atoms with Gasteiger partial charge in [-0.05, 0) is 18.2 Å². The fourth-order valence-electron chi connectivity index (χ4n) is 0.967. The second-order valence-electron chi connectivity index (χ2n) is 2.68. The molecule has 0 fully saturated rings. The summed E-state index contributed by atoms with van der Waals surface area (Å²) in [7, 11) is 1.12. The van der Waals surface area contributed by atoms with Crippen LogP contribution in [0.3, 0.4) is 0 Å². The summed E-state index contributed by atoms with van der Waals surface area (Å²) in [6.07, 6.45) is -4.47. The minimum atomic E-state index is -4.47. The molecular formula is C9H6ClF3O2. The lowest BCUT2D eigenvalue weighted by atomic mass is 10.1. The van der Waals surface area contributed by atoms with Crippen LogP contribution in [-0.2, 0) is 10.9 Å². The van der Waals surface area contributed by atoms with E-state index in [1.807, 2.05) is 0 Å². The van der Waals surface area contributed by atoms with Crippen molar-refractivity contribution >= 4 is 17.6 Å². The van der Waals surface area contributed by atoms with Crippen LogP contribution >= 0.6 is 11.6 Å². The Morgan fingerprint density at radius 1 is 1.40 bits per heavy atom. The molecule has 0 aliphatic heterocycles. The molecule has 0 unspecified atom stereocenters. The fourth-order valence-corrected chi connectivity index (χ4v) is 1.22. The number of halogens is 4. The standard InChI is InChI=1S/C9H6ClF3O2/c1-15-8(14)6-3-2-5(4-7(6)10)9(11,12)13/h2-4H,1H3. The molecule has 6 heteroatoms. The zero-order chi connectivity index (χ0) is 11.6. The van der Waals surface area contributed by atoms with Gasteiger partial charge in [0, 0.05) is 0 Å². The second kappa shape index (κ2) is 4.10. The van der Waals surface area contributed by atoms with E-state index in [4.69, 9.17) is 11.6 Å². The molecule has 0 aliphatic carbocycles. The van der Waals surface area contributed by atoms with Crippen LogP contribution in [0.4, 0.5) is 13.2 Å². The highest BCUT2D eigenvalue weighted by Crippen LogP contribution is 2.32. The molecule has 15 heavy (non-hydrogen) atoms. The molecule has 1 aromatic rings. The normalized spacial score (nSPS) is 11.3. The Bertz CT molecular complexity index is 387. The highest BCUT2D eigenvalue weighted by Gasteiger charge is 2.31. The van der Waals surface area contributed by atoms with Crippen LogP contribution in [0.2, 0.25) is 5.02 Å². The lowest BCUT2D eigenvalue weighted by molar-refractivity contribution is -0.137. The van der Waals surface area contributed by atoms with Crippen molar-refractivity contribution in [1.82, 2.24) is 0 Å². The van der Waals surface area contributed by atoms with E-state index >= 15 is 0 Å². The molecule has 0 saturated heterocycles. The molecule has 0 bridgehead atoms. The number of methoxy groups -OCH3 is 1. The summed E-state index contributed by atoms with van der Waals surface area (Å²) in [6.45, 7) is 0. The Balaban J connectivity index is 3.15. The lowest BCUT2D eigenvalue weighted by Crippen LogP contribution is -2.07. The molecule has 0 aliphatic rings. The van der Waals surface area contributed by atoms with Crippen LogP contribution in [0, 0.1) is 0 Å². The minimum absolute atomic E-state index is 0.0906. The summed E-state index contributed by atoms with van der Waals surface area (Å²) in [5.74, 6) is -0.770. The quantitative estimate of drug-likeness (QED) is 0.703. The summed E-state index contributed by atoms with van der Waals surface area (Å²) in [5, 5.41) is -0.281. The smallest absolute Gasteiger partial charge is 0.416 e.